The quantitative estimate of drug-likeness (QED) is 0.665. The molecule has 1 aliphatic rings. The van der Waals surface area contributed by atoms with E-state index in [1.54, 1.807) is 4.90 Å². The Kier molecular flexibility index (Phi) is 4.71. The van der Waals surface area contributed by atoms with Crippen molar-refractivity contribution in [2.75, 3.05) is 11.9 Å². The van der Waals surface area contributed by atoms with Crippen LogP contribution in [0.15, 0.2) is 63.6 Å². The van der Waals surface area contributed by atoms with Gasteiger partial charge in [0, 0.05) is 22.3 Å². The topological polar surface area (TPSA) is 71.3 Å². The molecule has 1 atom stereocenters. The number of likely N-dealkylation sites (tertiary alicyclic amines) is 1. The third-order valence-corrected chi connectivity index (χ3v) is 4.84. The Balaban J connectivity index is 1.51. The van der Waals surface area contributed by atoms with Crippen LogP contribution in [0.4, 0.5) is 10.5 Å². The molecule has 132 valence electrons. The molecule has 4 rings (SSSR count). The van der Waals surface area contributed by atoms with Gasteiger partial charge < -0.3 is 14.7 Å². The Morgan fingerprint density at radius 2 is 2.04 bits per heavy atom. The van der Waals surface area contributed by atoms with Crippen molar-refractivity contribution in [3.8, 4) is 11.4 Å². The predicted octanol–water partition coefficient (Wildman–Crippen LogP) is 4.87. The minimum Gasteiger partial charge on any atom is -0.337 e. The van der Waals surface area contributed by atoms with Crippen molar-refractivity contribution in [3.63, 3.8) is 0 Å². The maximum absolute atomic E-state index is 12.7. The van der Waals surface area contributed by atoms with Crippen molar-refractivity contribution in [1.82, 2.24) is 15.0 Å². The van der Waals surface area contributed by atoms with Crippen LogP contribution in [0.1, 0.15) is 24.8 Å². The Hall–Kier alpha value is -2.67. The number of amides is 2. The lowest BCUT2D eigenvalue weighted by Crippen LogP contribution is -2.34. The molecule has 1 aromatic heterocycles. The van der Waals surface area contributed by atoms with Crippen molar-refractivity contribution in [2.24, 2.45) is 0 Å². The summed E-state index contributed by atoms with van der Waals surface area (Å²) in [6, 6.07) is 16.8. The minimum absolute atomic E-state index is 0.162. The molecule has 0 radical (unpaired) electrons. The molecule has 0 spiro atoms. The number of nitrogens with one attached hydrogen (secondary N) is 1. The molecular formula is C19H17BrN4O2. The molecule has 1 saturated heterocycles. The van der Waals surface area contributed by atoms with Gasteiger partial charge in [-0.25, -0.2) is 4.79 Å². The van der Waals surface area contributed by atoms with Crippen LogP contribution in [0.2, 0.25) is 0 Å². The van der Waals surface area contributed by atoms with Crippen molar-refractivity contribution in [2.45, 2.75) is 18.9 Å². The molecule has 1 fully saturated rings. The summed E-state index contributed by atoms with van der Waals surface area (Å²) in [6.45, 7) is 0.660. The monoisotopic (exact) mass is 412 g/mol. The Morgan fingerprint density at radius 1 is 1.19 bits per heavy atom. The third kappa shape index (κ3) is 3.48. The number of aromatic nitrogens is 2. The number of urea groups is 1. The molecule has 1 N–H and O–H groups in total. The first-order valence-electron chi connectivity index (χ1n) is 8.43. The van der Waals surface area contributed by atoms with Gasteiger partial charge in [0.2, 0.25) is 11.7 Å². The molecule has 3 aromatic rings. The van der Waals surface area contributed by atoms with Gasteiger partial charge in [-0.1, -0.05) is 57.5 Å². The van der Waals surface area contributed by atoms with Gasteiger partial charge in [-0.3, -0.25) is 0 Å². The second kappa shape index (κ2) is 7.29. The highest BCUT2D eigenvalue weighted by atomic mass is 79.9. The molecule has 0 aliphatic carbocycles. The van der Waals surface area contributed by atoms with E-state index in [1.807, 2.05) is 54.6 Å². The second-order valence-electron chi connectivity index (χ2n) is 6.11. The molecular weight excluding hydrogens is 396 g/mol. The molecule has 0 saturated carbocycles. The van der Waals surface area contributed by atoms with Crippen LogP contribution in [0.5, 0.6) is 0 Å². The number of carbonyl (C=O) groups excluding carboxylic acids is 1. The molecule has 1 aliphatic heterocycles. The van der Waals surface area contributed by atoms with Crippen molar-refractivity contribution >= 4 is 27.6 Å². The maximum Gasteiger partial charge on any atom is 0.322 e. The van der Waals surface area contributed by atoms with Gasteiger partial charge in [0.25, 0.3) is 0 Å². The summed E-state index contributed by atoms with van der Waals surface area (Å²) in [6.07, 6.45) is 1.71. The van der Waals surface area contributed by atoms with Crippen LogP contribution in [0.25, 0.3) is 11.4 Å². The van der Waals surface area contributed by atoms with Crippen LogP contribution >= 0.6 is 15.9 Å². The summed E-state index contributed by atoms with van der Waals surface area (Å²) >= 11 is 3.41. The number of nitrogens with zero attached hydrogens (tertiary/aromatic N) is 3. The van der Waals surface area contributed by atoms with Crippen LogP contribution in [-0.4, -0.2) is 27.6 Å². The van der Waals surface area contributed by atoms with E-state index in [0.717, 1.165) is 28.6 Å². The smallest absolute Gasteiger partial charge is 0.322 e. The Morgan fingerprint density at radius 3 is 2.85 bits per heavy atom. The number of rotatable bonds is 3. The highest BCUT2D eigenvalue weighted by Crippen LogP contribution is 2.32. The van der Waals surface area contributed by atoms with Gasteiger partial charge in [0.15, 0.2) is 0 Å². The van der Waals surface area contributed by atoms with Crippen LogP contribution in [-0.2, 0) is 0 Å². The van der Waals surface area contributed by atoms with E-state index in [4.69, 9.17) is 4.52 Å². The minimum atomic E-state index is -0.202. The summed E-state index contributed by atoms with van der Waals surface area (Å²) < 4.78 is 6.38. The Bertz CT molecular complexity index is 913. The average molecular weight is 413 g/mol. The van der Waals surface area contributed by atoms with Gasteiger partial charge in [-0.15, -0.1) is 0 Å². The number of hydrogen-bond donors (Lipinski definition) is 1. The fraction of sp³-hybridized carbons (Fsp3) is 0.211. The van der Waals surface area contributed by atoms with E-state index >= 15 is 0 Å². The Labute approximate surface area is 159 Å². The van der Waals surface area contributed by atoms with Crippen molar-refractivity contribution in [1.29, 1.82) is 0 Å². The van der Waals surface area contributed by atoms with E-state index in [2.05, 4.69) is 31.4 Å². The summed E-state index contributed by atoms with van der Waals surface area (Å²) in [4.78, 5) is 19.0. The van der Waals surface area contributed by atoms with E-state index < -0.39 is 0 Å². The summed E-state index contributed by atoms with van der Waals surface area (Å²) in [5.74, 6) is 1.02. The van der Waals surface area contributed by atoms with Gasteiger partial charge in [0.1, 0.15) is 6.04 Å². The zero-order chi connectivity index (χ0) is 17.9. The van der Waals surface area contributed by atoms with Crippen LogP contribution < -0.4 is 5.32 Å². The van der Waals surface area contributed by atoms with Crippen LogP contribution in [0, 0.1) is 0 Å². The molecule has 26 heavy (non-hydrogen) atoms. The first-order chi connectivity index (χ1) is 12.7. The summed E-state index contributed by atoms with van der Waals surface area (Å²) in [7, 11) is 0. The van der Waals surface area contributed by atoms with E-state index in [-0.39, 0.29) is 12.1 Å². The summed E-state index contributed by atoms with van der Waals surface area (Å²) in [5, 5.41) is 7.00. The normalized spacial score (nSPS) is 16.7. The molecule has 2 amide bonds. The fourth-order valence-electron chi connectivity index (χ4n) is 3.10. The largest absolute Gasteiger partial charge is 0.337 e. The molecule has 0 unspecified atom stereocenters. The van der Waals surface area contributed by atoms with E-state index in [9.17, 15) is 4.79 Å². The maximum atomic E-state index is 12.7. The van der Waals surface area contributed by atoms with Gasteiger partial charge in [-0.2, -0.15) is 4.98 Å². The number of benzene rings is 2. The average Bonchev–Trinajstić information content (AvgIpc) is 3.32. The SMILES string of the molecule is O=C(Nc1cccc(Br)c1)N1CCC[C@H]1c1nc(-c2ccccc2)no1. The highest BCUT2D eigenvalue weighted by molar-refractivity contribution is 9.10. The van der Waals surface area contributed by atoms with E-state index in [0.29, 0.717) is 18.3 Å². The predicted molar refractivity (Wildman–Crippen MR) is 102 cm³/mol. The van der Waals surface area contributed by atoms with E-state index in [1.165, 1.54) is 0 Å². The lowest BCUT2D eigenvalue weighted by molar-refractivity contribution is 0.193. The van der Waals surface area contributed by atoms with Gasteiger partial charge >= 0.3 is 6.03 Å². The lowest BCUT2D eigenvalue weighted by atomic mass is 10.2. The number of carbonyl (C=O) groups is 1. The number of hydrogen-bond acceptors (Lipinski definition) is 4. The molecule has 2 heterocycles. The zero-order valence-corrected chi connectivity index (χ0v) is 15.5. The fourth-order valence-corrected chi connectivity index (χ4v) is 3.50. The molecule has 0 bridgehead atoms. The number of anilines is 1. The second-order valence-corrected chi connectivity index (χ2v) is 7.03. The highest BCUT2D eigenvalue weighted by Gasteiger charge is 2.34. The van der Waals surface area contributed by atoms with Crippen LogP contribution in [0.3, 0.4) is 0 Å². The number of halogens is 1. The standard InChI is InChI=1S/C19H17BrN4O2/c20-14-8-4-9-15(12-14)21-19(25)24-11-5-10-16(24)18-22-17(23-26-18)13-6-2-1-3-7-13/h1-4,6-9,12,16H,5,10-11H2,(H,21,25)/t16-/m0/s1. The first kappa shape index (κ1) is 16.8. The lowest BCUT2D eigenvalue weighted by Gasteiger charge is -2.22. The first-order valence-corrected chi connectivity index (χ1v) is 9.22. The van der Waals surface area contributed by atoms with Crippen molar-refractivity contribution < 1.29 is 9.32 Å². The summed E-state index contributed by atoms with van der Waals surface area (Å²) in [5.41, 5.74) is 1.64. The third-order valence-electron chi connectivity index (χ3n) is 4.35. The van der Waals surface area contributed by atoms with Crippen molar-refractivity contribution in [3.05, 3.63) is 65.0 Å². The zero-order valence-electron chi connectivity index (χ0n) is 13.9. The molecule has 2 aromatic carbocycles. The van der Waals surface area contributed by atoms with Gasteiger partial charge in [-0.05, 0) is 31.0 Å². The van der Waals surface area contributed by atoms with Gasteiger partial charge in [0.05, 0.1) is 0 Å². The molecule has 7 heteroatoms. The molecule has 6 nitrogen and oxygen atoms in total.